The summed E-state index contributed by atoms with van der Waals surface area (Å²) in [6.45, 7) is 0. The van der Waals surface area contributed by atoms with Gasteiger partial charge in [0.25, 0.3) is 0 Å². The quantitative estimate of drug-likeness (QED) is 0.739. The Morgan fingerprint density at radius 3 is 2.54 bits per heavy atom. The molecule has 2 aliphatic rings. The molecule has 1 saturated carbocycles. The molecule has 3 nitrogen and oxygen atoms in total. The lowest BCUT2D eigenvalue weighted by molar-refractivity contribution is 0.535. The zero-order chi connectivity index (χ0) is 9.53. The molecular weight excluding hydrogens is 186 g/mol. The highest BCUT2D eigenvalue weighted by atomic mass is 32.2. The van der Waals surface area contributed by atoms with Crippen LogP contribution >= 0.6 is 0 Å². The first kappa shape index (κ1) is 9.46. The second kappa shape index (κ2) is 2.95. The largest absolute Gasteiger partial charge is 0.325 e. The Morgan fingerprint density at radius 2 is 2.08 bits per heavy atom. The fourth-order valence-electron chi connectivity index (χ4n) is 2.04. The molecule has 4 heteroatoms. The molecule has 13 heavy (non-hydrogen) atoms. The molecular formula is C9H17NO2S. The van der Waals surface area contributed by atoms with Crippen molar-refractivity contribution in [3.8, 4) is 0 Å². The minimum Gasteiger partial charge on any atom is -0.325 e. The monoisotopic (exact) mass is 203 g/mol. The zero-order valence-corrected chi connectivity index (χ0v) is 8.65. The summed E-state index contributed by atoms with van der Waals surface area (Å²) in [6, 6.07) is 0. The maximum absolute atomic E-state index is 11.5. The van der Waals surface area contributed by atoms with Gasteiger partial charge in [-0.15, -0.1) is 0 Å². The van der Waals surface area contributed by atoms with Gasteiger partial charge in [-0.25, -0.2) is 8.42 Å². The molecule has 1 aliphatic heterocycles. The summed E-state index contributed by atoms with van der Waals surface area (Å²) in [4.78, 5) is 0. The van der Waals surface area contributed by atoms with E-state index in [9.17, 15) is 8.42 Å². The molecule has 1 saturated heterocycles. The van der Waals surface area contributed by atoms with Crippen molar-refractivity contribution in [3.05, 3.63) is 0 Å². The molecule has 0 aromatic rings. The van der Waals surface area contributed by atoms with Crippen molar-refractivity contribution in [1.82, 2.24) is 0 Å². The Kier molecular flexibility index (Phi) is 2.15. The molecule has 0 spiro atoms. The Labute approximate surface area is 79.6 Å². The summed E-state index contributed by atoms with van der Waals surface area (Å²) < 4.78 is 22.9. The van der Waals surface area contributed by atoms with Crippen LogP contribution in [0.25, 0.3) is 0 Å². The number of hydrogen-bond acceptors (Lipinski definition) is 3. The fraction of sp³-hybridized carbons (Fsp3) is 1.00. The summed E-state index contributed by atoms with van der Waals surface area (Å²) in [5, 5.41) is -0.0754. The normalized spacial score (nSPS) is 34.7. The molecule has 0 aromatic carbocycles. The van der Waals surface area contributed by atoms with Crippen LogP contribution in [0, 0.1) is 0 Å². The van der Waals surface area contributed by atoms with Crippen molar-refractivity contribution >= 4 is 9.84 Å². The first-order chi connectivity index (χ1) is 6.02. The average Bonchev–Trinajstić information content (AvgIpc) is 2.66. The van der Waals surface area contributed by atoms with E-state index in [4.69, 9.17) is 5.73 Å². The van der Waals surface area contributed by atoms with Crippen molar-refractivity contribution in [2.75, 3.05) is 5.75 Å². The molecule has 76 valence electrons. The third kappa shape index (κ3) is 2.05. The van der Waals surface area contributed by atoms with E-state index in [0.717, 1.165) is 38.5 Å². The zero-order valence-electron chi connectivity index (χ0n) is 7.83. The summed E-state index contributed by atoms with van der Waals surface area (Å²) in [6.07, 6.45) is 5.57. The van der Waals surface area contributed by atoms with Gasteiger partial charge in [0.1, 0.15) is 0 Å². The smallest absolute Gasteiger partial charge is 0.153 e. The highest BCUT2D eigenvalue weighted by Gasteiger charge is 2.40. The van der Waals surface area contributed by atoms with E-state index < -0.39 is 9.84 Å². The van der Waals surface area contributed by atoms with Crippen molar-refractivity contribution in [2.45, 2.75) is 49.3 Å². The molecule has 1 unspecified atom stereocenters. The predicted octanol–water partition coefficient (Wildman–Crippen LogP) is 0.835. The van der Waals surface area contributed by atoms with E-state index in [0.29, 0.717) is 5.75 Å². The molecule has 0 amide bonds. The standard InChI is InChI=1S/C9H17NO2S/c10-9(5-6-9)4-3-8-2-1-7-13(8,11)12/h8H,1-7,10H2. The summed E-state index contributed by atoms with van der Waals surface area (Å²) >= 11 is 0. The molecule has 1 heterocycles. The predicted molar refractivity (Wildman–Crippen MR) is 52.2 cm³/mol. The maximum Gasteiger partial charge on any atom is 0.153 e. The van der Waals surface area contributed by atoms with Crippen LogP contribution in [0.3, 0.4) is 0 Å². The van der Waals surface area contributed by atoms with Gasteiger partial charge in [-0.2, -0.15) is 0 Å². The summed E-state index contributed by atoms with van der Waals surface area (Å²) in [5.41, 5.74) is 5.93. The van der Waals surface area contributed by atoms with Crippen LogP contribution in [0.2, 0.25) is 0 Å². The molecule has 0 radical (unpaired) electrons. The Morgan fingerprint density at radius 1 is 1.38 bits per heavy atom. The van der Waals surface area contributed by atoms with E-state index in [1.54, 1.807) is 0 Å². The lowest BCUT2D eigenvalue weighted by Gasteiger charge is -2.12. The number of rotatable bonds is 3. The fourth-order valence-corrected chi connectivity index (χ4v) is 3.95. The van der Waals surface area contributed by atoms with E-state index in [-0.39, 0.29) is 10.8 Å². The first-order valence-corrected chi connectivity index (χ1v) is 6.74. The molecule has 0 aromatic heterocycles. The molecule has 2 rings (SSSR count). The van der Waals surface area contributed by atoms with Crippen LogP contribution in [0.15, 0.2) is 0 Å². The van der Waals surface area contributed by atoms with Crippen molar-refractivity contribution in [3.63, 3.8) is 0 Å². The second-order valence-electron chi connectivity index (χ2n) is 4.53. The summed E-state index contributed by atoms with van der Waals surface area (Å²) in [7, 11) is -2.74. The molecule has 0 bridgehead atoms. The van der Waals surface area contributed by atoms with Crippen molar-refractivity contribution in [2.24, 2.45) is 5.73 Å². The minimum atomic E-state index is -2.74. The number of nitrogens with two attached hydrogens (primary N) is 1. The lowest BCUT2D eigenvalue weighted by atomic mass is 10.1. The average molecular weight is 203 g/mol. The topological polar surface area (TPSA) is 60.2 Å². The first-order valence-electron chi connectivity index (χ1n) is 5.02. The van der Waals surface area contributed by atoms with Crippen LogP contribution in [0.1, 0.15) is 38.5 Å². The van der Waals surface area contributed by atoms with Gasteiger partial charge in [-0.05, 0) is 38.5 Å². The van der Waals surface area contributed by atoms with Gasteiger partial charge in [-0.1, -0.05) is 0 Å². The van der Waals surface area contributed by atoms with Gasteiger partial charge >= 0.3 is 0 Å². The van der Waals surface area contributed by atoms with Gasteiger partial charge in [0, 0.05) is 5.54 Å². The molecule has 1 atom stereocenters. The Balaban J connectivity index is 1.88. The third-order valence-corrected chi connectivity index (χ3v) is 5.66. The molecule has 1 aliphatic carbocycles. The maximum atomic E-state index is 11.5. The third-order valence-electron chi connectivity index (χ3n) is 3.32. The van der Waals surface area contributed by atoms with Crippen LogP contribution in [0.4, 0.5) is 0 Å². The molecule has 2 N–H and O–H groups in total. The van der Waals surface area contributed by atoms with Crippen LogP contribution in [-0.2, 0) is 9.84 Å². The van der Waals surface area contributed by atoms with Gasteiger partial charge < -0.3 is 5.73 Å². The number of hydrogen-bond donors (Lipinski definition) is 1. The SMILES string of the molecule is NC1(CCC2CCCS2(=O)=O)CC1. The second-order valence-corrected chi connectivity index (χ2v) is 6.93. The van der Waals surface area contributed by atoms with Gasteiger partial charge in [-0.3, -0.25) is 0 Å². The van der Waals surface area contributed by atoms with Gasteiger partial charge in [0.15, 0.2) is 9.84 Å². The van der Waals surface area contributed by atoms with E-state index in [2.05, 4.69) is 0 Å². The summed E-state index contributed by atoms with van der Waals surface area (Å²) in [5.74, 6) is 0.398. The van der Waals surface area contributed by atoms with Crippen LogP contribution < -0.4 is 5.73 Å². The van der Waals surface area contributed by atoms with Crippen molar-refractivity contribution < 1.29 is 8.42 Å². The lowest BCUT2D eigenvalue weighted by Crippen LogP contribution is -2.25. The van der Waals surface area contributed by atoms with Crippen LogP contribution in [-0.4, -0.2) is 25.0 Å². The van der Waals surface area contributed by atoms with Crippen LogP contribution in [0.5, 0.6) is 0 Å². The van der Waals surface area contributed by atoms with Gasteiger partial charge in [0.2, 0.25) is 0 Å². The number of sulfone groups is 1. The van der Waals surface area contributed by atoms with E-state index >= 15 is 0 Å². The Hall–Kier alpha value is -0.0900. The van der Waals surface area contributed by atoms with E-state index in [1.807, 2.05) is 0 Å². The highest BCUT2D eigenvalue weighted by molar-refractivity contribution is 7.92. The minimum absolute atomic E-state index is 0.0120. The highest BCUT2D eigenvalue weighted by Crippen LogP contribution is 2.38. The van der Waals surface area contributed by atoms with E-state index in [1.165, 1.54) is 0 Å². The van der Waals surface area contributed by atoms with Gasteiger partial charge in [0.05, 0.1) is 11.0 Å². The molecule has 2 fully saturated rings. The van der Waals surface area contributed by atoms with Crippen molar-refractivity contribution in [1.29, 1.82) is 0 Å². The Bertz CT molecular complexity index is 293.